The van der Waals surface area contributed by atoms with Crippen LogP contribution < -0.4 is 10.5 Å². The molecule has 0 radical (unpaired) electrons. The second-order valence-electron chi connectivity index (χ2n) is 7.46. The zero-order valence-corrected chi connectivity index (χ0v) is 17.5. The summed E-state index contributed by atoms with van der Waals surface area (Å²) in [5, 5.41) is 10.1. The van der Waals surface area contributed by atoms with Gasteiger partial charge in [0.05, 0.1) is 18.4 Å². The number of carboxylic acids is 1. The number of nitrogens with two attached hydrogens (primary N) is 1. The summed E-state index contributed by atoms with van der Waals surface area (Å²) < 4.78 is 11.7. The molecule has 4 rings (SSSR count). The maximum Gasteiger partial charge on any atom is 0.307 e. The minimum absolute atomic E-state index is 0.118. The van der Waals surface area contributed by atoms with Crippen LogP contribution in [0, 0.1) is 0 Å². The van der Waals surface area contributed by atoms with Gasteiger partial charge in [0.15, 0.2) is 5.78 Å². The van der Waals surface area contributed by atoms with Crippen molar-refractivity contribution in [3.05, 3.63) is 83.4 Å². The number of carbonyl (C=O) groups excluding carboxylic acids is 1. The fourth-order valence-electron chi connectivity index (χ4n) is 3.58. The Labute approximate surface area is 184 Å². The molecule has 0 bridgehead atoms. The van der Waals surface area contributed by atoms with Gasteiger partial charge in [-0.1, -0.05) is 12.1 Å². The Morgan fingerprint density at radius 3 is 2.72 bits per heavy atom. The van der Waals surface area contributed by atoms with Gasteiger partial charge < -0.3 is 20.0 Å². The third kappa shape index (κ3) is 4.53. The third-order valence-electron chi connectivity index (χ3n) is 5.16. The molecule has 3 N–H and O–H groups in total. The number of aromatic nitrogens is 1. The van der Waals surface area contributed by atoms with Gasteiger partial charge in [-0.05, 0) is 54.4 Å². The summed E-state index contributed by atoms with van der Waals surface area (Å²) >= 11 is 0. The van der Waals surface area contributed by atoms with Crippen molar-refractivity contribution in [2.75, 3.05) is 0 Å². The molecule has 2 aromatic heterocycles. The molecule has 0 saturated heterocycles. The normalized spacial score (nSPS) is 10.9. The van der Waals surface area contributed by atoms with Gasteiger partial charge in [0.1, 0.15) is 17.9 Å². The second kappa shape index (κ2) is 9.03. The lowest BCUT2D eigenvalue weighted by Gasteiger charge is -2.13. The molecule has 162 valence electrons. The van der Waals surface area contributed by atoms with Crippen LogP contribution in [-0.2, 0) is 24.4 Å². The van der Waals surface area contributed by atoms with E-state index in [2.05, 4.69) is 4.98 Å². The lowest BCUT2D eigenvalue weighted by Crippen LogP contribution is -2.06. The largest absolute Gasteiger partial charge is 0.489 e. The first kappa shape index (κ1) is 21.3. The van der Waals surface area contributed by atoms with Gasteiger partial charge in [-0.25, -0.2) is 0 Å². The number of ketones is 1. The summed E-state index contributed by atoms with van der Waals surface area (Å²) in [5.74, 6) is -0.712. The van der Waals surface area contributed by atoms with Gasteiger partial charge >= 0.3 is 5.97 Å². The standard InChI is InChI=1S/C25H22N2O5/c1-15(28)17-2-3-19(12-24(29)30)23(11-17)32-14-16-8-20-5-7-31-25(20)22(9-16)18-4-6-27-21(10-18)13-26/h2-11H,12-14,26H2,1H3,(H,29,30). The number of Topliss-reactive ketones (excluding diaryl/α,β-unsaturated/α-hetero) is 1. The minimum Gasteiger partial charge on any atom is -0.489 e. The molecule has 0 atom stereocenters. The predicted molar refractivity (Wildman–Crippen MR) is 119 cm³/mol. The van der Waals surface area contributed by atoms with Gasteiger partial charge in [0, 0.05) is 34.8 Å². The summed E-state index contributed by atoms with van der Waals surface area (Å²) in [4.78, 5) is 27.3. The number of furan rings is 1. The zero-order chi connectivity index (χ0) is 22.7. The Bertz CT molecular complexity index is 1310. The second-order valence-corrected chi connectivity index (χ2v) is 7.46. The maximum absolute atomic E-state index is 11.8. The summed E-state index contributed by atoms with van der Waals surface area (Å²) in [7, 11) is 0. The lowest BCUT2D eigenvalue weighted by atomic mass is 10.0. The van der Waals surface area contributed by atoms with Crippen LogP contribution >= 0.6 is 0 Å². The maximum atomic E-state index is 11.8. The van der Waals surface area contributed by atoms with Crippen LogP contribution in [0.15, 0.2) is 65.4 Å². The average Bonchev–Trinajstić information content (AvgIpc) is 3.26. The van der Waals surface area contributed by atoms with Crippen molar-refractivity contribution in [3.63, 3.8) is 0 Å². The molecule has 7 heteroatoms. The van der Waals surface area contributed by atoms with Crippen LogP contribution in [0.2, 0.25) is 0 Å². The number of ether oxygens (including phenoxy) is 1. The highest BCUT2D eigenvalue weighted by Gasteiger charge is 2.14. The molecule has 32 heavy (non-hydrogen) atoms. The van der Waals surface area contributed by atoms with Crippen molar-refractivity contribution < 1.29 is 23.8 Å². The highest BCUT2D eigenvalue weighted by molar-refractivity contribution is 5.95. The molecule has 4 aromatic rings. The highest BCUT2D eigenvalue weighted by atomic mass is 16.5. The molecule has 0 fully saturated rings. The molecule has 0 amide bonds. The van der Waals surface area contributed by atoms with Crippen molar-refractivity contribution >= 4 is 22.7 Å². The number of benzene rings is 2. The van der Waals surface area contributed by atoms with E-state index in [0.717, 1.165) is 33.4 Å². The number of pyridine rings is 1. The number of aliphatic carboxylic acids is 1. The fraction of sp³-hybridized carbons (Fsp3) is 0.160. The van der Waals surface area contributed by atoms with E-state index in [4.69, 9.17) is 14.9 Å². The SMILES string of the molecule is CC(=O)c1ccc(CC(=O)O)c(OCc2cc(-c3ccnc(CN)c3)c3occc3c2)c1. The molecular formula is C25H22N2O5. The van der Waals surface area contributed by atoms with E-state index in [1.807, 2.05) is 30.3 Å². The molecule has 0 unspecified atom stereocenters. The number of fused-ring (bicyclic) bond motifs is 1. The van der Waals surface area contributed by atoms with Gasteiger partial charge in [0.2, 0.25) is 0 Å². The first-order valence-electron chi connectivity index (χ1n) is 10.1. The van der Waals surface area contributed by atoms with E-state index in [1.165, 1.54) is 6.92 Å². The summed E-state index contributed by atoms with van der Waals surface area (Å²) in [5.41, 5.74) is 10.9. The molecule has 0 spiro atoms. The Balaban J connectivity index is 1.69. The van der Waals surface area contributed by atoms with Crippen molar-refractivity contribution in [2.45, 2.75) is 26.5 Å². The van der Waals surface area contributed by atoms with Crippen LogP contribution in [0.3, 0.4) is 0 Å². The molecule has 0 aliphatic rings. The molecule has 0 aliphatic carbocycles. The van der Waals surface area contributed by atoms with Crippen LogP contribution in [0.4, 0.5) is 0 Å². The molecule has 7 nitrogen and oxygen atoms in total. The fourth-order valence-corrected chi connectivity index (χ4v) is 3.58. The van der Waals surface area contributed by atoms with Crippen molar-refractivity contribution in [3.8, 4) is 16.9 Å². The zero-order valence-electron chi connectivity index (χ0n) is 17.5. The van der Waals surface area contributed by atoms with E-state index in [9.17, 15) is 14.7 Å². The van der Waals surface area contributed by atoms with E-state index >= 15 is 0 Å². The lowest BCUT2D eigenvalue weighted by molar-refractivity contribution is -0.136. The Hall–Kier alpha value is -3.97. The monoisotopic (exact) mass is 430 g/mol. The van der Waals surface area contributed by atoms with Gasteiger partial charge in [-0.15, -0.1) is 0 Å². The molecule has 2 aromatic carbocycles. The molecule has 2 heterocycles. The average molecular weight is 430 g/mol. The first-order valence-corrected chi connectivity index (χ1v) is 10.1. The Morgan fingerprint density at radius 1 is 1.12 bits per heavy atom. The molecule has 0 aliphatic heterocycles. The number of hydrogen-bond acceptors (Lipinski definition) is 6. The number of rotatable bonds is 8. The third-order valence-corrected chi connectivity index (χ3v) is 5.16. The quantitative estimate of drug-likeness (QED) is 0.399. The van der Waals surface area contributed by atoms with E-state index in [0.29, 0.717) is 23.4 Å². The van der Waals surface area contributed by atoms with Crippen LogP contribution in [-0.4, -0.2) is 21.8 Å². The minimum atomic E-state index is -0.971. The number of carbonyl (C=O) groups is 2. The number of nitrogens with zero attached hydrogens (tertiary/aromatic N) is 1. The van der Waals surface area contributed by atoms with Crippen molar-refractivity contribution in [1.29, 1.82) is 0 Å². The smallest absolute Gasteiger partial charge is 0.307 e. The van der Waals surface area contributed by atoms with Crippen molar-refractivity contribution in [1.82, 2.24) is 4.98 Å². The number of hydrogen-bond donors (Lipinski definition) is 2. The van der Waals surface area contributed by atoms with Gasteiger partial charge in [-0.2, -0.15) is 0 Å². The predicted octanol–water partition coefficient (Wildman–Crippen LogP) is 4.36. The first-order chi connectivity index (χ1) is 15.4. The molecule has 0 saturated carbocycles. The highest BCUT2D eigenvalue weighted by Crippen LogP contribution is 2.32. The topological polar surface area (TPSA) is 116 Å². The summed E-state index contributed by atoms with van der Waals surface area (Å²) in [6.45, 7) is 1.98. The van der Waals surface area contributed by atoms with Gasteiger partial charge in [-0.3, -0.25) is 14.6 Å². The Morgan fingerprint density at radius 2 is 1.97 bits per heavy atom. The molecular weight excluding hydrogens is 408 g/mol. The summed E-state index contributed by atoms with van der Waals surface area (Å²) in [6.07, 6.45) is 3.14. The number of carboxylic acid groups (broad SMARTS) is 1. The van der Waals surface area contributed by atoms with Crippen LogP contribution in [0.5, 0.6) is 5.75 Å². The van der Waals surface area contributed by atoms with E-state index < -0.39 is 5.97 Å². The van der Waals surface area contributed by atoms with Crippen LogP contribution in [0.25, 0.3) is 22.1 Å². The van der Waals surface area contributed by atoms with E-state index in [-0.39, 0.29) is 18.8 Å². The van der Waals surface area contributed by atoms with E-state index in [1.54, 1.807) is 30.7 Å². The van der Waals surface area contributed by atoms with Gasteiger partial charge in [0.25, 0.3) is 0 Å². The van der Waals surface area contributed by atoms with Crippen molar-refractivity contribution in [2.24, 2.45) is 5.73 Å². The summed E-state index contributed by atoms with van der Waals surface area (Å²) in [6, 6.07) is 14.4. The Kier molecular flexibility index (Phi) is 6.00. The van der Waals surface area contributed by atoms with Crippen LogP contribution in [0.1, 0.15) is 34.1 Å².